The van der Waals surface area contributed by atoms with Crippen molar-refractivity contribution in [2.75, 3.05) is 6.61 Å². The predicted octanol–water partition coefficient (Wildman–Crippen LogP) is 3.52. The van der Waals surface area contributed by atoms with Gasteiger partial charge in [0.05, 0.1) is 23.1 Å². The van der Waals surface area contributed by atoms with Gasteiger partial charge in [0.15, 0.2) is 0 Å². The average molecular weight is 397 g/mol. The number of nitrogens with one attached hydrogen (secondary N) is 1. The lowest BCUT2D eigenvalue weighted by Gasteiger charge is -2.61. The Morgan fingerprint density at radius 3 is 2.61 bits per heavy atom. The van der Waals surface area contributed by atoms with Crippen LogP contribution >= 0.6 is 0 Å². The normalized spacial score (nSPS) is 42.1. The molecule has 1 amide bonds. The van der Waals surface area contributed by atoms with Crippen LogP contribution in [0.2, 0.25) is 0 Å². The molecule has 4 bridgehead atoms. The molecular weight excluding hydrogens is 371 g/mol. The molecule has 28 heavy (non-hydrogen) atoms. The predicted molar refractivity (Wildman–Crippen MR) is 94.1 cm³/mol. The number of rotatable bonds is 3. The molecule has 1 aromatic rings. The van der Waals surface area contributed by atoms with Gasteiger partial charge in [0, 0.05) is 25.4 Å². The van der Waals surface area contributed by atoms with E-state index in [2.05, 4.69) is 10.4 Å². The molecule has 4 saturated carbocycles. The SMILES string of the molecule is Cn1cc([C@@H]2OCC[C@H]2NC(=O)C23CC4CC(C2)CC(C(F)(F)F)(C4)C3)cn1. The fourth-order valence-electron chi connectivity index (χ4n) is 6.83. The lowest BCUT2D eigenvalue weighted by molar-refractivity contribution is -0.283. The Kier molecular flexibility index (Phi) is 3.93. The monoisotopic (exact) mass is 397 g/mol. The van der Waals surface area contributed by atoms with E-state index in [0.29, 0.717) is 25.9 Å². The molecule has 8 heteroatoms. The largest absolute Gasteiger partial charge is 0.394 e. The summed E-state index contributed by atoms with van der Waals surface area (Å²) in [7, 11) is 1.82. The molecule has 2 unspecified atom stereocenters. The van der Waals surface area contributed by atoms with Crippen molar-refractivity contribution in [1.29, 1.82) is 0 Å². The van der Waals surface area contributed by atoms with E-state index in [0.717, 1.165) is 12.0 Å². The Bertz CT molecular complexity index is 776. The second-order valence-corrected chi connectivity index (χ2v) is 9.63. The number of amides is 1. The Hall–Kier alpha value is -1.57. The van der Waals surface area contributed by atoms with Gasteiger partial charge in [-0.3, -0.25) is 9.48 Å². The first-order valence-corrected chi connectivity index (χ1v) is 10.2. The highest BCUT2D eigenvalue weighted by Gasteiger charge is 2.69. The van der Waals surface area contributed by atoms with Gasteiger partial charge in [-0.2, -0.15) is 18.3 Å². The minimum atomic E-state index is -4.23. The topological polar surface area (TPSA) is 56.1 Å². The number of carbonyl (C=O) groups excluding carboxylic acids is 1. The van der Waals surface area contributed by atoms with Crippen molar-refractivity contribution in [2.45, 2.75) is 63.3 Å². The zero-order valence-corrected chi connectivity index (χ0v) is 16.0. The van der Waals surface area contributed by atoms with Gasteiger partial charge in [-0.1, -0.05) is 0 Å². The summed E-state index contributed by atoms with van der Waals surface area (Å²) in [5.74, 6) is -0.162. The summed E-state index contributed by atoms with van der Waals surface area (Å²) in [5, 5.41) is 7.26. The van der Waals surface area contributed by atoms with Gasteiger partial charge in [0.2, 0.25) is 5.91 Å². The van der Waals surface area contributed by atoms with Crippen LogP contribution < -0.4 is 5.32 Å². The van der Waals surface area contributed by atoms with Crippen molar-refractivity contribution in [1.82, 2.24) is 15.1 Å². The van der Waals surface area contributed by atoms with Crippen LogP contribution in [-0.2, 0) is 16.6 Å². The highest BCUT2D eigenvalue weighted by atomic mass is 19.4. The molecule has 1 saturated heterocycles. The molecule has 2 heterocycles. The van der Waals surface area contributed by atoms with Crippen molar-refractivity contribution in [3.8, 4) is 0 Å². The Morgan fingerprint density at radius 1 is 1.29 bits per heavy atom. The van der Waals surface area contributed by atoms with Gasteiger partial charge >= 0.3 is 6.18 Å². The summed E-state index contributed by atoms with van der Waals surface area (Å²) in [6.07, 6.45) is 2.12. The summed E-state index contributed by atoms with van der Waals surface area (Å²) >= 11 is 0. The van der Waals surface area contributed by atoms with Crippen LogP contribution in [0, 0.1) is 22.7 Å². The van der Waals surface area contributed by atoms with E-state index in [9.17, 15) is 18.0 Å². The maximum atomic E-state index is 14.0. The highest BCUT2D eigenvalue weighted by molar-refractivity contribution is 5.83. The van der Waals surface area contributed by atoms with Crippen molar-refractivity contribution in [3.05, 3.63) is 18.0 Å². The molecular formula is C20H26F3N3O2. The molecule has 5 aliphatic rings. The van der Waals surface area contributed by atoms with Crippen LogP contribution in [0.15, 0.2) is 12.4 Å². The zero-order valence-electron chi connectivity index (χ0n) is 16.0. The quantitative estimate of drug-likeness (QED) is 0.849. The molecule has 4 atom stereocenters. The first-order valence-electron chi connectivity index (χ1n) is 10.2. The molecule has 1 N–H and O–H groups in total. The number of aryl methyl sites for hydroxylation is 1. The van der Waals surface area contributed by atoms with Crippen LogP contribution in [0.4, 0.5) is 13.2 Å². The molecule has 4 aliphatic carbocycles. The van der Waals surface area contributed by atoms with Gasteiger partial charge in [0.25, 0.3) is 0 Å². The van der Waals surface area contributed by atoms with Gasteiger partial charge in [-0.25, -0.2) is 0 Å². The lowest BCUT2D eigenvalue weighted by Crippen LogP contribution is -2.62. The summed E-state index contributed by atoms with van der Waals surface area (Å²) in [6.45, 7) is 0.523. The van der Waals surface area contributed by atoms with E-state index in [-0.39, 0.29) is 49.2 Å². The van der Waals surface area contributed by atoms with Gasteiger partial charge < -0.3 is 10.1 Å². The van der Waals surface area contributed by atoms with Crippen molar-refractivity contribution in [3.63, 3.8) is 0 Å². The third-order valence-electron chi connectivity index (χ3n) is 7.61. The number of aromatic nitrogens is 2. The van der Waals surface area contributed by atoms with E-state index >= 15 is 0 Å². The van der Waals surface area contributed by atoms with E-state index < -0.39 is 17.0 Å². The number of hydrogen-bond acceptors (Lipinski definition) is 3. The number of alkyl halides is 3. The number of hydrogen-bond donors (Lipinski definition) is 1. The van der Waals surface area contributed by atoms with Crippen molar-refractivity contribution < 1.29 is 22.7 Å². The van der Waals surface area contributed by atoms with Gasteiger partial charge in [-0.05, 0) is 56.8 Å². The summed E-state index contributed by atoms with van der Waals surface area (Å²) < 4.78 is 49.4. The number of nitrogens with zero attached hydrogens (tertiary/aromatic N) is 2. The molecule has 0 aromatic carbocycles. The van der Waals surface area contributed by atoms with Gasteiger partial charge in [-0.15, -0.1) is 0 Å². The minimum absolute atomic E-state index is 0.0163. The summed E-state index contributed by atoms with van der Waals surface area (Å²) in [6, 6.07) is -0.216. The van der Waals surface area contributed by atoms with Crippen LogP contribution in [0.5, 0.6) is 0 Å². The maximum Gasteiger partial charge on any atom is 0.394 e. The van der Waals surface area contributed by atoms with E-state index in [4.69, 9.17) is 4.74 Å². The van der Waals surface area contributed by atoms with Crippen LogP contribution in [0.25, 0.3) is 0 Å². The second-order valence-electron chi connectivity index (χ2n) is 9.63. The molecule has 5 fully saturated rings. The van der Waals surface area contributed by atoms with Crippen molar-refractivity contribution >= 4 is 5.91 Å². The Balaban J connectivity index is 1.38. The first-order chi connectivity index (χ1) is 13.2. The minimum Gasteiger partial charge on any atom is -0.371 e. The van der Waals surface area contributed by atoms with E-state index in [1.54, 1.807) is 10.9 Å². The van der Waals surface area contributed by atoms with Crippen LogP contribution in [-0.4, -0.2) is 34.5 Å². The lowest BCUT2D eigenvalue weighted by atomic mass is 9.43. The third kappa shape index (κ3) is 2.70. The molecule has 5 nitrogen and oxygen atoms in total. The van der Waals surface area contributed by atoms with Crippen LogP contribution in [0.1, 0.15) is 56.6 Å². The first kappa shape index (κ1) is 18.5. The average Bonchev–Trinajstić information content (AvgIpc) is 3.21. The number of halogens is 3. The fourth-order valence-corrected chi connectivity index (χ4v) is 6.83. The molecule has 154 valence electrons. The molecule has 1 aromatic heterocycles. The molecule has 1 aliphatic heterocycles. The summed E-state index contributed by atoms with van der Waals surface area (Å²) in [5.41, 5.74) is -1.65. The smallest absolute Gasteiger partial charge is 0.371 e. The number of carbonyl (C=O) groups is 1. The standard InChI is InChI=1S/C20H26F3N3O2/c1-26-10-14(9-24-26)16-15(2-3-28-16)25-17(27)18-5-12-4-13(6-18)8-19(7-12,11-18)20(21,22)23/h9-10,12-13,15-16H,2-8,11H2,1H3,(H,25,27)/t12?,13?,15-,16+,18?,19?/m1/s1. The second kappa shape index (κ2) is 5.97. The van der Waals surface area contributed by atoms with E-state index in [1.165, 1.54) is 0 Å². The van der Waals surface area contributed by atoms with Crippen LogP contribution in [0.3, 0.4) is 0 Å². The van der Waals surface area contributed by atoms with Crippen molar-refractivity contribution in [2.24, 2.45) is 29.7 Å². The molecule has 0 radical (unpaired) electrons. The highest BCUT2D eigenvalue weighted by Crippen LogP contribution is 2.69. The number of ether oxygens (including phenoxy) is 1. The maximum absolute atomic E-state index is 14.0. The fraction of sp³-hybridized carbons (Fsp3) is 0.800. The molecule has 0 spiro atoms. The van der Waals surface area contributed by atoms with E-state index in [1.807, 2.05) is 13.2 Å². The Labute approximate surface area is 162 Å². The summed E-state index contributed by atoms with van der Waals surface area (Å²) in [4.78, 5) is 13.3. The molecule has 6 rings (SSSR count). The zero-order chi connectivity index (χ0) is 19.7. The third-order valence-corrected chi connectivity index (χ3v) is 7.61. The Morgan fingerprint density at radius 2 is 2.00 bits per heavy atom. The van der Waals surface area contributed by atoms with Gasteiger partial charge in [0.1, 0.15) is 6.10 Å².